The van der Waals surface area contributed by atoms with E-state index in [1.807, 2.05) is 23.0 Å². The van der Waals surface area contributed by atoms with Crippen LogP contribution in [0.5, 0.6) is 0 Å². The number of nitrogens with one attached hydrogen (secondary N) is 1. The number of hydrogen-bond acceptors (Lipinski definition) is 5. The van der Waals surface area contributed by atoms with Crippen molar-refractivity contribution in [3.8, 4) is 0 Å². The van der Waals surface area contributed by atoms with Crippen LogP contribution in [0.2, 0.25) is 0 Å². The first-order valence-electron chi connectivity index (χ1n) is 7.46. The number of rotatable bonds is 6. The van der Waals surface area contributed by atoms with Crippen LogP contribution in [-0.2, 0) is 13.1 Å². The van der Waals surface area contributed by atoms with Gasteiger partial charge in [-0.1, -0.05) is 6.07 Å². The topological polar surface area (TPSA) is 68.8 Å². The summed E-state index contributed by atoms with van der Waals surface area (Å²) < 4.78 is 7.72. The molecule has 0 atom stereocenters. The first-order chi connectivity index (χ1) is 10.9. The minimum Gasteiger partial charge on any atom is -0.444 e. The number of hydrogen-bond donors (Lipinski definition) is 1. The number of nitrogens with zero attached hydrogens (tertiary/aromatic N) is 4. The molecule has 4 rings (SSSR count). The second-order valence-electron chi connectivity index (χ2n) is 5.58. The lowest BCUT2D eigenvalue weighted by Gasteiger charge is -2.05. The highest BCUT2D eigenvalue weighted by Gasteiger charge is 2.28. The van der Waals surface area contributed by atoms with E-state index in [1.54, 1.807) is 18.7 Å². The molecular weight excluding hydrogens is 278 g/mol. The smallest absolute Gasteiger partial charge is 0.197 e. The predicted molar refractivity (Wildman–Crippen MR) is 81.4 cm³/mol. The normalized spacial score (nSPS) is 14.2. The van der Waals surface area contributed by atoms with Crippen LogP contribution < -0.4 is 5.32 Å². The Balaban J connectivity index is 1.34. The highest BCUT2D eigenvalue weighted by Crippen LogP contribution is 2.39. The van der Waals surface area contributed by atoms with E-state index < -0.39 is 0 Å². The van der Waals surface area contributed by atoms with Crippen LogP contribution in [0.25, 0.3) is 0 Å². The highest BCUT2D eigenvalue weighted by molar-refractivity contribution is 5.35. The Labute approximate surface area is 128 Å². The van der Waals surface area contributed by atoms with Gasteiger partial charge < -0.3 is 14.3 Å². The van der Waals surface area contributed by atoms with Crippen molar-refractivity contribution < 1.29 is 4.42 Å². The summed E-state index contributed by atoms with van der Waals surface area (Å²) >= 11 is 0. The Morgan fingerprint density at radius 3 is 2.91 bits per heavy atom. The predicted octanol–water partition coefficient (Wildman–Crippen LogP) is 2.80. The molecule has 1 aliphatic carbocycles. The zero-order chi connectivity index (χ0) is 14.8. The summed E-state index contributed by atoms with van der Waals surface area (Å²) in [6, 6.07) is 4.04. The average molecular weight is 295 g/mol. The monoisotopic (exact) mass is 295 g/mol. The van der Waals surface area contributed by atoms with Crippen LogP contribution in [0.1, 0.15) is 36.0 Å². The van der Waals surface area contributed by atoms with E-state index in [4.69, 9.17) is 4.42 Å². The van der Waals surface area contributed by atoms with Gasteiger partial charge in [0.05, 0.1) is 19.1 Å². The average Bonchev–Trinajstić information content (AvgIpc) is 3.07. The summed E-state index contributed by atoms with van der Waals surface area (Å²) in [5, 5.41) is 3.26. The maximum absolute atomic E-state index is 5.71. The third kappa shape index (κ3) is 3.00. The van der Waals surface area contributed by atoms with Crippen molar-refractivity contribution in [3.63, 3.8) is 0 Å². The van der Waals surface area contributed by atoms with E-state index in [9.17, 15) is 0 Å². The lowest BCUT2D eigenvalue weighted by Crippen LogP contribution is -2.02. The molecule has 0 aromatic carbocycles. The lowest BCUT2D eigenvalue weighted by atomic mass is 10.3. The van der Waals surface area contributed by atoms with Crippen LogP contribution in [0, 0.1) is 0 Å². The molecule has 22 heavy (non-hydrogen) atoms. The standard InChI is InChI=1S/C16H17N5O/c1-4-15(18-7-12(1)10-21-6-5-17-11-21)19-8-14-9-20-16(22-14)13-2-3-13/h1,4-7,9,11,13H,2-3,8,10H2,(H,18,19). The number of pyridine rings is 1. The van der Waals surface area contributed by atoms with E-state index in [0.29, 0.717) is 12.5 Å². The van der Waals surface area contributed by atoms with Gasteiger partial charge in [0, 0.05) is 31.1 Å². The first kappa shape index (κ1) is 13.1. The molecular formula is C16H17N5O. The van der Waals surface area contributed by atoms with E-state index in [1.165, 1.54) is 12.8 Å². The molecule has 1 N–H and O–H groups in total. The zero-order valence-electron chi connectivity index (χ0n) is 12.1. The van der Waals surface area contributed by atoms with Crippen LogP contribution in [-0.4, -0.2) is 19.5 Å². The Bertz CT molecular complexity index is 728. The van der Waals surface area contributed by atoms with E-state index in [0.717, 1.165) is 29.6 Å². The summed E-state index contributed by atoms with van der Waals surface area (Å²) in [7, 11) is 0. The molecule has 0 unspecified atom stereocenters. The third-order valence-electron chi connectivity index (χ3n) is 3.69. The molecule has 3 heterocycles. The second-order valence-corrected chi connectivity index (χ2v) is 5.58. The second kappa shape index (κ2) is 5.63. The fraction of sp³-hybridized carbons (Fsp3) is 0.312. The van der Waals surface area contributed by atoms with Gasteiger partial charge >= 0.3 is 0 Å². The molecule has 0 saturated heterocycles. The minimum atomic E-state index is 0.550. The highest BCUT2D eigenvalue weighted by atomic mass is 16.4. The van der Waals surface area contributed by atoms with Crippen molar-refractivity contribution in [1.29, 1.82) is 0 Å². The van der Waals surface area contributed by atoms with E-state index >= 15 is 0 Å². The van der Waals surface area contributed by atoms with Gasteiger partial charge in [-0.15, -0.1) is 0 Å². The van der Waals surface area contributed by atoms with Gasteiger partial charge in [-0.2, -0.15) is 0 Å². The van der Waals surface area contributed by atoms with Crippen LogP contribution in [0.15, 0.2) is 47.7 Å². The summed E-state index contributed by atoms with van der Waals surface area (Å²) in [5.74, 6) is 3.11. The third-order valence-corrected chi connectivity index (χ3v) is 3.69. The SMILES string of the molecule is c1cn(Cc2ccc(NCc3cnc(C4CC4)o3)nc2)cn1. The number of imidazole rings is 1. The minimum absolute atomic E-state index is 0.550. The quantitative estimate of drug-likeness (QED) is 0.757. The number of anilines is 1. The largest absolute Gasteiger partial charge is 0.444 e. The van der Waals surface area contributed by atoms with E-state index in [-0.39, 0.29) is 0 Å². The fourth-order valence-electron chi connectivity index (χ4n) is 2.31. The Kier molecular flexibility index (Phi) is 3.34. The zero-order valence-corrected chi connectivity index (χ0v) is 12.1. The van der Waals surface area contributed by atoms with Gasteiger partial charge in [0.2, 0.25) is 0 Å². The van der Waals surface area contributed by atoms with Crippen molar-refractivity contribution >= 4 is 5.82 Å². The van der Waals surface area contributed by atoms with Crippen molar-refractivity contribution in [2.75, 3.05) is 5.32 Å². The Morgan fingerprint density at radius 2 is 2.18 bits per heavy atom. The van der Waals surface area contributed by atoms with Gasteiger partial charge in [0.15, 0.2) is 5.89 Å². The molecule has 1 aliphatic rings. The molecule has 0 spiro atoms. The van der Waals surface area contributed by atoms with Gasteiger partial charge in [-0.3, -0.25) is 0 Å². The fourth-order valence-corrected chi connectivity index (χ4v) is 2.31. The molecule has 3 aromatic rings. The Hall–Kier alpha value is -2.63. The van der Waals surface area contributed by atoms with Crippen molar-refractivity contribution in [2.24, 2.45) is 0 Å². The van der Waals surface area contributed by atoms with Gasteiger partial charge in [0.1, 0.15) is 11.6 Å². The van der Waals surface area contributed by atoms with Crippen LogP contribution in [0.3, 0.4) is 0 Å². The van der Waals surface area contributed by atoms with Crippen molar-refractivity contribution in [1.82, 2.24) is 19.5 Å². The number of oxazole rings is 1. The molecule has 6 heteroatoms. The summed E-state index contributed by atoms with van der Waals surface area (Å²) in [4.78, 5) is 12.8. The molecule has 6 nitrogen and oxygen atoms in total. The van der Waals surface area contributed by atoms with Crippen molar-refractivity contribution in [3.05, 3.63) is 60.5 Å². The number of aromatic nitrogens is 4. The molecule has 112 valence electrons. The molecule has 0 aliphatic heterocycles. The molecule has 0 radical (unpaired) electrons. The first-order valence-corrected chi connectivity index (χ1v) is 7.46. The molecule has 0 amide bonds. The molecule has 1 saturated carbocycles. The van der Waals surface area contributed by atoms with Gasteiger partial charge in [-0.05, 0) is 24.5 Å². The van der Waals surface area contributed by atoms with Crippen molar-refractivity contribution in [2.45, 2.75) is 31.8 Å². The maximum Gasteiger partial charge on any atom is 0.197 e. The molecule has 3 aromatic heterocycles. The van der Waals surface area contributed by atoms with Crippen LogP contribution >= 0.6 is 0 Å². The summed E-state index contributed by atoms with van der Waals surface area (Å²) in [6.45, 7) is 1.38. The summed E-state index contributed by atoms with van der Waals surface area (Å²) in [6.07, 6.45) is 11.6. The van der Waals surface area contributed by atoms with E-state index in [2.05, 4.69) is 26.3 Å². The van der Waals surface area contributed by atoms with Crippen LogP contribution in [0.4, 0.5) is 5.82 Å². The molecule has 1 fully saturated rings. The van der Waals surface area contributed by atoms with Gasteiger partial charge in [0.25, 0.3) is 0 Å². The van der Waals surface area contributed by atoms with Gasteiger partial charge in [-0.25, -0.2) is 15.0 Å². The Morgan fingerprint density at radius 1 is 1.23 bits per heavy atom. The lowest BCUT2D eigenvalue weighted by molar-refractivity contribution is 0.462. The maximum atomic E-state index is 5.71. The molecule has 0 bridgehead atoms. The summed E-state index contributed by atoms with van der Waals surface area (Å²) in [5.41, 5.74) is 1.14.